The molecule has 0 saturated heterocycles. The van der Waals surface area contributed by atoms with Gasteiger partial charge in [-0.05, 0) is 24.8 Å². The van der Waals surface area contributed by atoms with Crippen LogP contribution in [0.5, 0.6) is 0 Å². The van der Waals surface area contributed by atoms with Gasteiger partial charge >= 0.3 is 0 Å². The predicted octanol–water partition coefficient (Wildman–Crippen LogP) is 1.57. The lowest BCUT2D eigenvalue weighted by Gasteiger charge is -2.25. The van der Waals surface area contributed by atoms with E-state index in [2.05, 4.69) is 6.92 Å². The van der Waals surface area contributed by atoms with E-state index in [-0.39, 0.29) is 12.5 Å². The van der Waals surface area contributed by atoms with Crippen molar-refractivity contribution in [1.29, 1.82) is 0 Å². The van der Waals surface area contributed by atoms with Crippen molar-refractivity contribution in [2.45, 2.75) is 38.6 Å². The van der Waals surface area contributed by atoms with Crippen LogP contribution in [-0.2, 0) is 11.2 Å². The summed E-state index contributed by atoms with van der Waals surface area (Å²) in [6, 6.07) is 9.55. The van der Waals surface area contributed by atoms with Crippen molar-refractivity contribution >= 4 is 5.91 Å². The third kappa shape index (κ3) is 5.72. The van der Waals surface area contributed by atoms with Gasteiger partial charge in [-0.2, -0.15) is 0 Å². The molecule has 0 spiro atoms. The van der Waals surface area contributed by atoms with E-state index >= 15 is 0 Å². The average Bonchev–Trinajstić information content (AvgIpc) is 2.49. The van der Waals surface area contributed by atoms with E-state index in [0.29, 0.717) is 19.5 Å². The van der Waals surface area contributed by atoms with Gasteiger partial charge in [0, 0.05) is 13.1 Å². The van der Waals surface area contributed by atoms with Gasteiger partial charge in [0.25, 0.3) is 0 Å². The van der Waals surface area contributed by atoms with Gasteiger partial charge in [-0.25, -0.2) is 0 Å². The van der Waals surface area contributed by atoms with Crippen LogP contribution in [0.2, 0.25) is 0 Å². The molecule has 3 N–H and O–H groups in total. The summed E-state index contributed by atoms with van der Waals surface area (Å²) in [6.45, 7) is 3.12. The maximum atomic E-state index is 12.3. The van der Waals surface area contributed by atoms with Crippen LogP contribution in [-0.4, -0.2) is 41.7 Å². The third-order valence-corrected chi connectivity index (χ3v) is 3.37. The zero-order valence-electron chi connectivity index (χ0n) is 12.3. The fourth-order valence-electron chi connectivity index (χ4n) is 2.13. The number of hydrogen-bond donors (Lipinski definition) is 2. The summed E-state index contributed by atoms with van der Waals surface area (Å²) in [7, 11) is 0. The lowest BCUT2D eigenvalue weighted by atomic mass is 10.0. The topological polar surface area (TPSA) is 66.6 Å². The molecule has 4 heteroatoms. The van der Waals surface area contributed by atoms with Gasteiger partial charge in [-0.3, -0.25) is 4.79 Å². The summed E-state index contributed by atoms with van der Waals surface area (Å²) >= 11 is 0. The highest BCUT2D eigenvalue weighted by Gasteiger charge is 2.19. The molecule has 1 aromatic carbocycles. The Bertz CT molecular complexity index is 381. The number of hydrogen-bond acceptors (Lipinski definition) is 3. The van der Waals surface area contributed by atoms with E-state index in [0.717, 1.165) is 19.3 Å². The number of amides is 1. The molecule has 0 fully saturated rings. The molecule has 0 aromatic heterocycles. The molecule has 1 atom stereocenters. The van der Waals surface area contributed by atoms with Crippen molar-refractivity contribution in [2.75, 3.05) is 19.7 Å². The van der Waals surface area contributed by atoms with Crippen LogP contribution in [0.4, 0.5) is 0 Å². The zero-order valence-corrected chi connectivity index (χ0v) is 12.3. The highest BCUT2D eigenvalue weighted by molar-refractivity contribution is 5.81. The molecule has 0 saturated carbocycles. The molecular weight excluding hydrogens is 252 g/mol. The molecule has 0 bridgehead atoms. The number of aliphatic hydroxyl groups is 1. The molecule has 0 aliphatic heterocycles. The number of nitrogens with two attached hydrogens (primary N) is 1. The Kier molecular flexibility index (Phi) is 7.92. The van der Waals surface area contributed by atoms with E-state index in [9.17, 15) is 4.79 Å². The van der Waals surface area contributed by atoms with Crippen molar-refractivity contribution in [3.05, 3.63) is 35.9 Å². The Labute approximate surface area is 121 Å². The van der Waals surface area contributed by atoms with Gasteiger partial charge in [0.1, 0.15) is 0 Å². The number of carbonyl (C=O) groups excluding carboxylic acids is 1. The highest BCUT2D eigenvalue weighted by atomic mass is 16.3. The van der Waals surface area contributed by atoms with Crippen LogP contribution >= 0.6 is 0 Å². The number of aliphatic hydroxyl groups excluding tert-OH is 1. The fourth-order valence-corrected chi connectivity index (χ4v) is 2.13. The van der Waals surface area contributed by atoms with E-state index in [1.165, 1.54) is 5.56 Å². The minimum Gasteiger partial charge on any atom is -0.395 e. The monoisotopic (exact) mass is 278 g/mol. The lowest BCUT2D eigenvalue weighted by molar-refractivity contribution is -0.133. The van der Waals surface area contributed by atoms with Gasteiger partial charge < -0.3 is 15.7 Å². The maximum Gasteiger partial charge on any atom is 0.239 e. The lowest BCUT2D eigenvalue weighted by Crippen LogP contribution is -2.45. The van der Waals surface area contributed by atoms with E-state index in [4.69, 9.17) is 10.8 Å². The molecule has 112 valence electrons. The highest BCUT2D eigenvalue weighted by Crippen LogP contribution is 2.07. The van der Waals surface area contributed by atoms with Crippen LogP contribution in [0.25, 0.3) is 0 Å². The van der Waals surface area contributed by atoms with Gasteiger partial charge in [0.15, 0.2) is 0 Å². The van der Waals surface area contributed by atoms with Crippen LogP contribution in [0, 0.1) is 0 Å². The Hall–Kier alpha value is -1.39. The number of aryl methyl sites for hydroxylation is 1. The minimum atomic E-state index is -0.487. The summed E-state index contributed by atoms with van der Waals surface area (Å²) < 4.78 is 0. The van der Waals surface area contributed by atoms with Gasteiger partial charge in [0.05, 0.1) is 12.6 Å². The zero-order chi connectivity index (χ0) is 14.8. The summed E-state index contributed by atoms with van der Waals surface area (Å²) in [5, 5.41) is 9.04. The molecule has 1 unspecified atom stereocenters. The van der Waals surface area contributed by atoms with Crippen molar-refractivity contribution < 1.29 is 9.90 Å². The summed E-state index contributed by atoms with van der Waals surface area (Å²) in [5.41, 5.74) is 7.19. The van der Waals surface area contributed by atoms with E-state index < -0.39 is 6.04 Å². The molecule has 1 aromatic rings. The van der Waals surface area contributed by atoms with Gasteiger partial charge in [0.2, 0.25) is 5.91 Å². The first-order valence-electron chi connectivity index (χ1n) is 7.38. The summed E-state index contributed by atoms with van der Waals surface area (Å²) in [4.78, 5) is 13.9. The number of unbranched alkanes of at least 4 members (excludes halogenated alkanes) is 1. The summed E-state index contributed by atoms with van der Waals surface area (Å²) in [6.07, 6.45) is 3.40. The van der Waals surface area contributed by atoms with Gasteiger partial charge in [-0.1, -0.05) is 43.7 Å². The Balaban J connectivity index is 2.46. The maximum absolute atomic E-state index is 12.3. The molecule has 0 radical (unpaired) electrons. The molecule has 1 amide bonds. The number of carbonyl (C=O) groups is 1. The Morgan fingerprint density at radius 3 is 2.60 bits per heavy atom. The number of nitrogens with zero attached hydrogens (tertiary/aromatic N) is 1. The first-order chi connectivity index (χ1) is 9.69. The number of benzene rings is 1. The SMILES string of the molecule is CCCCN(CCO)C(=O)C(N)CCc1ccccc1. The summed E-state index contributed by atoms with van der Waals surface area (Å²) in [5.74, 6) is -0.0524. The second kappa shape index (κ2) is 9.50. The first kappa shape index (κ1) is 16.7. The van der Waals surface area contributed by atoms with Crippen molar-refractivity contribution in [3.63, 3.8) is 0 Å². The Morgan fingerprint density at radius 2 is 2.00 bits per heavy atom. The van der Waals surface area contributed by atoms with Crippen molar-refractivity contribution in [2.24, 2.45) is 5.73 Å². The third-order valence-electron chi connectivity index (χ3n) is 3.37. The predicted molar refractivity (Wildman–Crippen MR) is 81.3 cm³/mol. The van der Waals surface area contributed by atoms with E-state index in [1.54, 1.807) is 4.90 Å². The molecule has 0 aliphatic rings. The van der Waals surface area contributed by atoms with Crippen LogP contribution in [0.3, 0.4) is 0 Å². The van der Waals surface area contributed by atoms with Crippen LogP contribution < -0.4 is 5.73 Å². The molecule has 1 rings (SSSR count). The number of rotatable bonds is 9. The van der Waals surface area contributed by atoms with Crippen molar-refractivity contribution in [1.82, 2.24) is 4.90 Å². The van der Waals surface area contributed by atoms with Crippen molar-refractivity contribution in [3.8, 4) is 0 Å². The van der Waals surface area contributed by atoms with Crippen LogP contribution in [0.15, 0.2) is 30.3 Å². The molecule has 4 nitrogen and oxygen atoms in total. The quantitative estimate of drug-likeness (QED) is 0.720. The fraction of sp³-hybridized carbons (Fsp3) is 0.562. The van der Waals surface area contributed by atoms with Crippen LogP contribution in [0.1, 0.15) is 31.7 Å². The smallest absolute Gasteiger partial charge is 0.239 e. The first-order valence-corrected chi connectivity index (χ1v) is 7.38. The average molecular weight is 278 g/mol. The second-order valence-corrected chi connectivity index (χ2v) is 5.03. The van der Waals surface area contributed by atoms with E-state index in [1.807, 2.05) is 30.3 Å². The standard InChI is InChI=1S/C16H26N2O2/c1-2-3-11-18(12-13-19)16(20)15(17)10-9-14-7-5-4-6-8-14/h4-8,15,19H,2-3,9-13,17H2,1H3. The molecular formula is C16H26N2O2. The molecule has 0 heterocycles. The Morgan fingerprint density at radius 1 is 1.30 bits per heavy atom. The minimum absolute atomic E-state index is 0.0130. The van der Waals surface area contributed by atoms with Gasteiger partial charge in [-0.15, -0.1) is 0 Å². The molecule has 20 heavy (non-hydrogen) atoms. The second-order valence-electron chi connectivity index (χ2n) is 5.03. The largest absolute Gasteiger partial charge is 0.395 e. The normalized spacial score (nSPS) is 12.2. The molecule has 0 aliphatic carbocycles.